The lowest BCUT2D eigenvalue weighted by atomic mass is 9.87. The first kappa shape index (κ1) is 15.8. The molecule has 1 nitrogen and oxygen atoms in total. The van der Waals surface area contributed by atoms with Gasteiger partial charge in [0.05, 0.1) is 0 Å². The molecule has 0 aliphatic heterocycles. The SMILES string of the molecule is CCCNC(c1ccc(Cl)cc1F)C1CCCCCC1. The third-order valence-electron chi connectivity index (χ3n) is 4.28. The first-order valence-corrected chi connectivity index (χ1v) is 8.28. The van der Waals surface area contributed by atoms with Gasteiger partial charge in [-0.05, 0) is 43.9 Å². The molecule has 1 unspecified atom stereocenters. The van der Waals surface area contributed by atoms with Crippen LogP contribution in [0.1, 0.15) is 63.5 Å². The normalized spacial score (nSPS) is 18.8. The summed E-state index contributed by atoms with van der Waals surface area (Å²) in [5, 5.41) is 4.03. The molecule has 0 aromatic heterocycles. The number of rotatable bonds is 5. The highest BCUT2D eigenvalue weighted by atomic mass is 35.5. The summed E-state index contributed by atoms with van der Waals surface area (Å²) in [6.07, 6.45) is 8.64. The molecular weight excluding hydrogens is 273 g/mol. The van der Waals surface area contributed by atoms with Crippen molar-refractivity contribution < 1.29 is 4.39 Å². The topological polar surface area (TPSA) is 12.0 Å². The van der Waals surface area contributed by atoms with Gasteiger partial charge in [0.15, 0.2) is 0 Å². The Morgan fingerprint density at radius 1 is 1.25 bits per heavy atom. The molecule has 1 aromatic rings. The minimum Gasteiger partial charge on any atom is -0.310 e. The van der Waals surface area contributed by atoms with Gasteiger partial charge in [-0.3, -0.25) is 0 Å². The summed E-state index contributed by atoms with van der Waals surface area (Å²) in [6.45, 7) is 3.08. The van der Waals surface area contributed by atoms with Crippen LogP contribution in [0.15, 0.2) is 18.2 Å². The Bertz CT molecular complexity index is 413. The van der Waals surface area contributed by atoms with Crippen LogP contribution in [0.2, 0.25) is 5.02 Å². The van der Waals surface area contributed by atoms with Crippen LogP contribution in [0.5, 0.6) is 0 Å². The van der Waals surface area contributed by atoms with Gasteiger partial charge in [0, 0.05) is 16.6 Å². The predicted molar refractivity (Wildman–Crippen MR) is 83.6 cm³/mol. The second-order valence-electron chi connectivity index (χ2n) is 5.85. The highest BCUT2D eigenvalue weighted by Crippen LogP contribution is 2.35. The van der Waals surface area contributed by atoms with Crippen molar-refractivity contribution in [2.24, 2.45) is 5.92 Å². The zero-order valence-electron chi connectivity index (χ0n) is 12.3. The highest BCUT2D eigenvalue weighted by molar-refractivity contribution is 6.30. The Balaban J connectivity index is 2.20. The Hall–Kier alpha value is -0.600. The van der Waals surface area contributed by atoms with Crippen molar-refractivity contribution in [2.75, 3.05) is 6.54 Å². The van der Waals surface area contributed by atoms with Gasteiger partial charge in [-0.1, -0.05) is 50.3 Å². The van der Waals surface area contributed by atoms with Crippen molar-refractivity contribution >= 4 is 11.6 Å². The number of hydrogen-bond acceptors (Lipinski definition) is 1. The number of benzene rings is 1. The summed E-state index contributed by atoms with van der Waals surface area (Å²) in [5.74, 6) is 0.370. The Morgan fingerprint density at radius 2 is 1.95 bits per heavy atom. The van der Waals surface area contributed by atoms with Gasteiger partial charge < -0.3 is 5.32 Å². The molecule has 0 radical (unpaired) electrons. The molecule has 0 amide bonds. The fourth-order valence-corrected chi connectivity index (χ4v) is 3.39. The summed E-state index contributed by atoms with van der Waals surface area (Å²) in [4.78, 5) is 0. The average Bonchev–Trinajstić information content (AvgIpc) is 2.70. The molecule has 1 saturated carbocycles. The fourth-order valence-electron chi connectivity index (χ4n) is 3.23. The average molecular weight is 298 g/mol. The van der Waals surface area contributed by atoms with E-state index in [-0.39, 0.29) is 11.9 Å². The molecule has 0 spiro atoms. The van der Waals surface area contributed by atoms with E-state index in [0.29, 0.717) is 10.9 Å². The van der Waals surface area contributed by atoms with Crippen molar-refractivity contribution in [2.45, 2.75) is 57.9 Å². The van der Waals surface area contributed by atoms with E-state index in [0.717, 1.165) is 18.5 Å². The monoisotopic (exact) mass is 297 g/mol. The van der Waals surface area contributed by atoms with E-state index in [9.17, 15) is 4.39 Å². The molecule has 0 heterocycles. The van der Waals surface area contributed by atoms with Gasteiger partial charge in [0.25, 0.3) is 0 Å². The maximum absolute atomic E-state index is 14.3. The van der Waals surface area contributed by atoms with E-state index < -0.39 is 0 Å². The molecule has 112 valence electrons. The minimum atomic E-state index is -0.171. The first-order valence-electron chi connectivity index (χ1n) is 7.90. The molecule has 0 saturated heterocycles. The van der Waals surface area contributed by atoms with Crippen molar-refractivity contribution in [1.29, 1.82) is 0 Å². The molecule has 1 N–H and O–H groups in total. The van der Waals surface area contributed by atoms with Gasteiger partial charge in [-0.15, -0.1) is 0 Å². The Morgan fingerprint density at radius 3 is 2.55 bits per heavy atom. The molecule has 2 rings (SSSR count). The number of nitrogens with one attached hydrogen (secondary N) is 1. The molecule has 1 fully saturated rings. The Labute approximate surface area is 126 Å². The van der Waals surface area contributed by atoms with Crippen LogP contribution in [0.3, 0.4) is 0 Å². The second kappa shape index (κ2) is 7.99. The van der Waals surface area contributed by atoms with Gasteiger partial charge in [0.2, 0.25) is 0 Å². The maximum atomic E-state index is 14.3. The summed E-state index contributed by atoms with van der Waals surface area (Å²) < 4.78 is 14.3. The van der Waals surface area contributed by atoms with Gasteiger partial charge in [-0.2, -0.15) is 0 Å². The molecule has 3 heteroatoms. The lowest BCUT2D eigenvalue weighted by molar-refractivity contribution is 0.318. The third-order valence-corrected chi connectivity index (χ3v) is 4.52. The molecular formula is C17H25ClFN. The van der Waals surface area contributed by atoms with Crippen molar-refractivity contribution in [3.8, 4) is 0 Å². The smallest absolute Gasteiger partial charge is 0.129 e. The van der Waals surface area contributed by atoms with E-state index in [1.165, 1.54) is 44.6 Å². The van der Waals surface area contributed by atoms with Crippen LogP contribution in [0, 0.1) is 11.7 Å². The van der Waals surface area contributed by atoms with Crippen molar-refractivity contribution in [3.63, 3.8) is 0 Å². The van der Waals surface area contributed by atoms with Crippen molar-refractivity contribution in [3.05, 3.63) is 34.6 Å². The van der Waals surface area contributed by atoms with Crippen LogP contribution < -0.4 is 5.32 Å². The standard InChI is InChI=1S/C17H25ClFN/c1-2-11-20-17(13-7-5-3-4-6-8-13)15-10-9-14(18)12-16(15)19/h9-10,12-13,17,20H,2-8,11H2,1H3. The summed E-state index contributed by atoms with van der Waals surface area (Å²) in [5.41, 5.74) is 0.787. The lowest BCUT2D eigenvalue weighted by Gasteiger charge is -2.28. The second-order valence-corrected chi connectivity index (χ2v) is 6.29. The minimum absolute atomic E-state index is 0.130. The molecule has 0 bridgehead atoms. The van der Waals surface area contributed by atoms with E-state index >= 15 is 0 Å². The fraction of sp³-hybridized carbons (Fsp3) is 0.647. The zero-order valence-corrected chi connectivity index (χ0v) is 13.1. The molecule has 20 heavy (non-hydrogen) atoms. The Kier molecular flexibility index (Phi) is 6.31. The molecule has 1 aromatic carbocycles. The predicted octanol–water partition coefficient (Wildman–Crippen LogP) is 5.49. The zero-order chi connectivity index (χ0) is 14.4. The van der Waals surface area contributed by atoms with Crippen molar-refractivity contribution in [1.82, 2.24) is 5.32 Å². The largest absolute Gasteiger partial charge is 0.310 e. The molecule has 1 aliphatic rings. The summed E-state index contributed by atoms with van der Waals surface area (Å²) in [6, 6.07) is 5.23. The van der Waals surface area contributed by atoms with Crippen LogP contribution in [-0.4, -0.2) is 6.54 Å². The van der Waals surface area contributed by atoms with Crippen LogP contribution in [0.4, 0.5) is 4.39 Å². The third kappa shape index (κ3) is 4.20. The molecule has 1 atom stereocenters. The quantitative estimate of drug-likeness (QED) is 0.709. The van der Waals surface area contributed by atoms with Crippen LogP contribution in [0.25, 0.3) is 0 Å². The van der Waals surface area contributed by atoms with E-state index in [2.05, 4.69) is 12.2 Å². The van der Waals surface area contributed by atoms with Gasteiger partial charge in [-0.25, -0.2) is 4.39 Å². The molecule has 1 aliphatic carbocycles. The summed E-state index contributed by atoms with van der Waals surface area (Å²) >= 11 is 5.88. The van der Waals surface area contributed by atoms with Gasteiger partial charge in [0.1, 0.15) is 5.82 Å². The van der Waals surface area contributed by atoms with E-state index in [1.54, 1.807) is 6.07 Å². The van der Waals surface area contributed by atoms with Crippen LogP contribution in [-0.2, 0) is 0 Å². The summed E-state index contributed by atoms with van der Waals surface area (Å²) in [7, 11) is 0. The maximum Gasteiger partial charge on any atom is 0.129 e. The highest BCUT2D eigenvalue weighted by Gasteiger charge is 2.25. The lowest BCUT2D eigenvalue weighted by Crippen LogP contribution is -2.29. The number of halogens is 2. The van der Waals surface area contributed by atoms with E-state index in [1.807, 2.05) is 6.07 Å². The number of hydrogen-bond donors (Lipinski definition) is 1. The van der Waals surface area contributed by atoms with Gasteiger partial charge >= 0.3 is 0 Å². The van der Waals surface area contributed by atoms with Crippen LogP contribution >= 0.6 is 11.6 Å². The first-order chi connectivity index (χ1) is 9.72. The van der Waals surface area contributed by atoms with E-state index in [4.69, 9.17) is 11.6 Å².